The van der Waals surface area contributed by atoms with Crippen LogP contribution < -0.4 is 81.8 Å². The highest BCUT2D eigenvalue weighted by molar-refractivity contribution is 5.97. The second kappa shape index (κ2) is 34.9. The second-order valence-corrected chi connectivity index (χ2v) is 21.0. The number of carbonyl (C=O) groups excluding carboxylic acids is 9. The quantitative estimate of drug-likeness (QED) is 0.0517. The Balaban J connectivity index is 2.05. The molecule has 26 heteroatoms. The summed E-state index contributed by atoms with van der Waals surface area (Å²) >= 11 is 0. The van der Waals surface area contributed by atoms with Crippen LogP contribution in [0.5, 0.6) is 0 Å². The lowest BCUT2D eigenvalue weighted by atomic mass is 9.83. The van der Waals surface area contributed by atoms with Crippen molar-refractivity contribution in [2.75, 3.05) is 39.3 Å². The fourth-order valence-electron chi connectivity index (χ4n) is 9.45. The first-order valence-corrected chi connectivity index (χ1v) is 27.5. The molecule has 0 aromatic heterocycles. The fraction of sp³-hybridized carbons (Fsp3) is 0.712. The Morgan fingerprint density at radius 3 is 1.85 bits per heavy atom. The minimum Gasteiger partial charge on any atom is -0.391 e. The number of nitrogens with two attached hydrogens (primary N) is 5. The number of rotatable bonds is 22. The van der Waals surface area contributed by atoms with Gasteiger partial charge in [-0.1, -0.05) is 63.4 Å². The summed E-state index contributed by atoms with van der Waals surface area (Å²) in [6.07, 6.45) is 1.54. The van der Waals surface area contributed by atoms with E-state index < -0.39 is 126 Å². The molecule has 0 radical (unpaired) electrons. The summed E-state index contributed by atoms with van der Waals surface area (Å²) in [5, 5.41) is 48.3. The predicted octanol–water partition coefficient (Wildman–Crippen LogP) is -4.91. The average molecular weight is 1100 g/mol. The van der Waals surface area contributed by atoms with Gasteiger partial charge in [-0.2, -0.15) is 0 Å². The number of hydrogen-bond donors (Lipinski definition) is 17. The van der Waals surface area contributed by atoms with Gasteiger partial charge < -0.3 is 92.0 Å². The van der Waals surface area contributed by atoms with Crippen LogP contribution in [0.25, 0.3) is 0 Å². The van der Waals surface area contributed by atoms with E-state index in [9.17, 15) is 53.4 Å². The topological polar surface area (TPSA) is 444 Å². The number of amides is 9. The van der Waals surface area contributed by atoms with E-state index in [2.05, 4.69) is 53.2 Å². The van der Waals surface area contributed by atoms with Crippen molar-refractivity contribution in [3.05, 3.63) is 35.9 Å². The lowest BCUT2D eigenvalue weighted by Gasteiger charge is -2.29. The number of benzene rings is 1. The molecular formula is C52H91N15O11. The van der Waals surface area contributed by atoms with Crippen LogP contribution in [-0.4, -0.2) is 175 Å². The fourth-order valence-corrected chi connectivity index (χ4v) is 9.45. The van der Waals surface area contributed by atoms with E-state index in [4.69, 9.17) is 28.7 Å². The van der Waals surface area contributed by atoms with E-state index in [0.717, 1.165) is 32.1 Å². The molecule has 1 aliphatic carbocycles. The van der Waals surface area contributed by atoms with Crippen LogP contribution in [0.1, 0.15) is 110 Å². The van der Waals surface area contributed by atoms with Gasteiger partial charge in [0.2, 0.25) is 53.2 Å². The van der Waals surface area contributed by atoms with Crippen LogP contribution in [0.2, 0.25) is 0 Å². The number of carbonyl (C=O) groups is 9. The van der Waals surface area contributed by atoms with Crippen molar-refractivity contribution in [2.45, 2.75) is 184 Å². The van der Waals surface area contributed by atoms with Gasteiger partial charge in [0.1, 0.15) is 42.3 Å². The molecule has 2 fully saturated rings. The summed E-state index contributed by atoms with van der Waals surface area (Å²) in [6.45, 7) is 5.76. The third-order valence-electron chi connectivity index (χ3n) is 13.9. The molecule has 12 unspecified atom stereocenters. The molecule has 0 spiro atoms. The summed E-state index contributed by atoms with van der Waals surface area (Å²) in [5.41, 5.74) is 30.7. The third-order valence-corrected chi connectivity index (χ3v) is 13.9. The van der Waals surface area contributed by atoms with Gasteiger partial charge in [-0.25, -0.2) is 0 Å². The first-order valence-electron chi connectivity index (χ1n) is 27.5. The number of hydrogen-bond acceptors (Lipinski definition) is 17. The van der Waals surface area contributed by atoms with Gasteiger partial charge in [-0.15, -0.1) is 0 Å². The van der Waals surface area contributed by atoms with E-state index in [1.807, 2.05) is 13.8 Å². The summed E-state index contributed by atoms with van der Waals surface area (Å²) < 4.78 is 0. The lowest BCUT2D eigenvalue weighted by Crippen LogP contribution is -2.61. The van der Waals surface area contributed by atoms with Crippen molar-refractivity contribution < 1.29 is 53.4 Å². The highest BCUT2D eigenvalue weighted by Gasteiger charge is 2.36. The Hall–Kier alpha value is -5.87. The van der Waals surface area contributed by atoms with Gasteiger partial charge in [0.05, 0.1) is 18.2 Å². The maximum absolute atomic E-state index is 14.5. The Morgan fingerprint density at radius 1 is 0.654 bits per heavy atom. The molecule has 9 amide bonds. The predicted molar refractivity (Wildman–Crippen MR) is 292 cm³/mol. The van der Waals surface area contributed by atoms with Crippen molar-refractivity contribution in [1.82, 2.24) is 53.2 Å². The smallest absolute Gasteiger partial charge is 0.245 e. The Kier molecular flexibility index (Phi) is 29.7. The molecule has 1 aliphatic heterocycles. The normalized spacial score (nSPS) is 25.1. The van der Waals surface area contributed by atoms with Crippen molar-refractivity contribution in [3.63, 3.8) is 0 Å². The molecule has 26 nitrogen and oxygen atoms in total. The van der Waals surface area contributed by atoms with Crippen molar-refractivity contribution >= 4 is 53.2 Å². The summed E-state index contributed by atoms with van der Waals surface area (Å²) in [6, 6.07) is -3.37. The van der Waals surface area contributed by atoms with E-state index in [0.29, 0.717) is 5.56 Å². The van der Waals surface area contributed by atoms with Gasteiger partial charge in [-0.3, -0.25) is 43.2 Å². The van der Waals surface area contributed by atoms with E-state index in [-0.39, 0.29) is 102 Å². The molecule has 12 atom stereocenters. The van der Waals surface area contributed by atoms with Gasteiger partial charge >= 0.3 is 0 Å². The van der Waals surface area contributed by atoms with E-state index >= 15 is 0 Å². The van der Waals surface area contributed by atoms with Crippen LogP contribution in [-0.2, 0) is 49.6 Å². The minimum absolute atomic E-state index is 0.00130. The number of aliphatic hydroxyl groups excluding tert-OH is 2. The maximum Gasteiger partial charge on any atom is 0.245 e. The first-order chi connectivity index (χ1) is 37.1. The second-order valence-electron chi connectivity index (χ2n) is 21.0. The highest BCUT2D eigenvalue weighted by atomic mass is 16.3. The first kappa shape index (κ1) is 66.4. The molecular weight excluding hydrogens is 1010 g/mol. The van der Waals surface area contributed by atoms with Gasteiger partial charge in [0.25, 0.3) is 0 Å². The summed E-state index contributed by atoms with van der Waals surface area (Å²) in [7, 11) is 0. The van der Waals surface area contributed by atoms with Crippen molar-refractivity contribution in [1.29, 1.82) is 0 Å². The van der Waals surface area contributed by atoms with Crippen LogP contribution in [0, 0.1) is 11.8 Å². The summed E-state index contributed by atoms with van der Waals surface area (Å²) in [4.78, 5) is 126. The zero-order valence-electron chi connectivity index (χ0n) is 45.9. The largest absolute Gasteiger partial charge is 0.391 e. The monoisotopic (exact) mass is 1100 g/mol. The average Bonchev–Trinajstić information content (AvgIpc) is 3.40. The molecule has 22 N–H and O–H groups in total. The van der Waals surface area contributed by atoms with Crippen LogP contribution >= 0.6 is 0 Å². The van der Waals surface area contributed by atoms with E-state index in [1.165, 1.54) is 13.8 Å². The van der Waals surface area contributed by atoms with Gasteiger partial charge in [0.15, 0.2) is 0 Å². The molecule has 3 rings (SSSR count). The van der Waals surface area contributed by atoms with Crippen molar-refractivity contribution in [2.24, 2.45) is 40.5 Å². The molecule has 1 saturated heterocycles. The van der Waals surface area contributed by atoms with Gasteiger partial charge in [0, 0.05) is 38.0 Å². The molecule has 1 heterocycles. The lowest BCUT2D eigenvalue weighted by molar-refractivity contribution is -0.136. The molecule has 1 saturated carbocycles. The minimum atomic E-state index is -1.59. The Labute approximate surface area is 457 Å². The SMILES string of the molecule is CC(C)CC1NC(=O)C(Cc2ccccc2)NC(=O)C(CCN)NC(=O)C(NC(=O)C(CCN)NC(=O)C(NC(=O)CC(N)C2CCCCC2)C(C)O)CCNC(=O)C(C(C)O)NC(=O)C(CCN)NCC(CCN)NC1=O. The summed E-state index contributed by atoms with van der Waals surface area (Å²) in [5.74, 6) is -7.15. The molecule has 440 valence electrons. The Morgan fingerprint density at radius 2 is 1.24 bits per heavy atom. The number of aliphatic hydroxyl groups is 2. The molecule has 1 aromatic rings. The zero-order valence-corrected chi connectivity index (χ0v) is 45.9. The van der Waals surface area contributed by atoms with Crippen LogP contribution in [0.3, 0.4) is 0 Å². The van der Waals surface area contributed by atoms with E-state index in [1.54, 1.807) is 30.3 Å². The molecule has 0 bridgehead atoms. The Bertz CT molecular complexity index is 2080. The van der Waals surface area contributed by atoms with Gasteiger partial charge in [-0.05, 0) is 109 Å². The number of nitrogens with one attached hydrogen (secondary N) is 10. The molecule has 2 aliphatic rings. The standard InChI is InChI=1S/C52H91N15O11/c1-29(2)25-40-49(75)60-34(15-20-53)28-59-36(16-21-54)45(71)67-43(30(3)68)51(77)58-24-19-39(48(74)61-37(17-22-55)47(73)65-41(50(76)64-40)26-32-11-7-5-8-12-32)62-46(72)38(18-23-56)63-52(78)44(31(4)69)66-42(70)27-35(57)33-13-9-6-10-14-33/h5,7-8,11-12,29-31,33-41,43-44,59,68-69H,6,9-10,13-28,53-57H2,1-4H3,(H,58,77)(H,60,75)(H,61,74)(H,62,72)(H,63,78)(H,64,76)(H,65,73)(H,66,70)(H,67,71). The molecule has 78 heavy (non-hydrogen) atoms. The maximum atomic E-state index is 14.5. The zero-order chi connectivity index (χ0) is 57.9. The highest BCUT2D eigenvalue weighted by Crippen LogP contribution is 2.27. The van der Waals surface area contributed by atoms with Crippen LogP contribution in [0.15, 0.2) is 30.3 Å². The molecule has 1 aromatic carbocycles. The van der Waals surface area contributed by atoms with Crippen LogP contribution in [0.4, 0.5) is 0 Å². The van der Waals surface area contributed by atoms with Crippen molar-refractivity contribution in [3.8, 4) is 0 Å². The third kappa shape index (κ3) is 22.8.